The zero-order chi connectivity index (χ0) is 14.2. The molecule has 1 amide bonds. The molecule has 1 fully saturated rings. The number of carbonyl (C=O) groups is 1. The van der Waals surface area contributed by atoms with E-state index in [1.54, 1.807) is 0 Å². The van der Waals surface area contributed by atoms with Gasteiger partial charge in [0.05, 0.1) is 19.8 Å². The minimum Gasteiger partial charge on any atom is -0.379 e. The second-order valence-electron chi connectivity index (χ2n) is 4.38. The van der Waals surface area contributed by atoms with Crippen molar-refractivity contribution in [3.8, 4) is 11.8 Å². The predicted octanol–water partition coefficient (Wildman–Crippen LogP) is 0.120. The normalized spacial score (nSPS) is 15.4. The SMILES string of the molecule is NCC#Cc1ccsc1C(=O)NCCN1CCOCC1. The molecule has 1 saturated heterocycles. The van der Waals surface area contributed by atoms with Gasteiger partial charge in [0.25, 0.3) is 5.91 Å². The van der Waals surface area contributed by atoms with Crippen LogP contribution in [0.2, 0.25) is 0 Å². The highest BCUT2D eigenvalue weighted by Crippen LogP contribution is 2.15. The molecule has 2 heterocycles. The standard InChI is InChI=1S/C14H19N3O2S/c15-4-1-2-12-3-11-20-13(12)14(18)16-5-6-17-7-9-19-10-8-17/h3,11H,4-10,15H2,(H,16,18). The van der Waals surface area contributed by atoms with Gasteiger partial charge in [-0.3, -0.25) is 9.69 Å². The topological polar surface area (TPSA) is 67.6 Å². The Labute approximate surface area is 123 Å². The van der Waals surface area contributed by atoms with Gasteiger partial charge in [-0.2, -0.15) is 0 Å². The van der Waals surface area contributed by atoms with E-state index in [1.165, 1.54) is 11.3 Å². The number of ether oxygens (including phenoxy) is 1. The Kier molecular flexibility index (Phi) is 6.02. The number of amides is 1. The Hall–Kier alpha value is -1.39. The summed E-state index contributed by atoms with van der Waals surface area (Å²) in [6.07, 6.45) is 0. The maximum Gasteiger partial charge on any atom is 0.262 e. The summed E-state index contributed by atoms with van der Waals surface area (Å²) in [7, 11) is 0. The maximum atomic E-state index is 12.1. The van der Waals surface area contributed by atoms with Gasteiger partial charge in [-0.05, 0) is 11.4 Å². The van der Waals surface area contributed by atoms with Crippen LogP contribution in [0.25, 0.3) is 0 Å². The number of hydrogen-bond donors (Lipinski definition) is 2. The first-order chi connectivity index (χ1) is 9.81. The minimum absolute atomic E-state index is 0.0606. The van der Waals surface area contributed by atoms with Crippen LogP contribution in [0.3, 0.4) is 0 Å². The molecule has 0 atom stereocenters. The third-order valence-electron chi connectivity index (χ3n) is 3.01. The van der Waals surface area contributed by atoms with Gasteiger partial charge in [-0.1, -0.05) is 11.8 Å². The molecule has 0 aromatic carbocycles. The summed E-state index contributed by atoms with van der Waals surface area (Å²) in [6.45, 7) is 5.21. The molecule has 108 valence electrons. The van der Waals surface area contributed by atoms with Crippen LogP contribution in [0.4, 0.5) is 0 Å². The summed E-state index contributed by atoms with van der Waals surface area (Å²) in [6, 6.07) is 1.85. The van der Waals surface area contributed by atoms with Crippen molar-refractivity contribution in [2.75, 3.05) is 45.9 Å². The Morgan fingerprint density at radius 3 is 3.05 bits per heavy atom. The average molecular weight is 293 g/mol. The zero-order valence-corrected chi connectivity index (χ0v) is 12.2. The van der Waals surface area contributed by atoms with Crippen molar-refractivity contribution in [3.63, 3.8) is 0 Å². The van der Waals surface area contributed by atoms with Crippen molar-refractivity contribution >= 4 is 17.2 Å². The lowest BCUT2D eigenvalue weighted by Gasteiger charge is -2.26. The third-order valence-corrected chi connectivity index (χ3v) is 3.93. The number of nitrogens with one attached hydrogen (secondary N) is 1. The van der Waals surface area contributed by atoms with E-state index in [4.69, 9.17) is 10.5 Å². The van der Waals surface area contributed by atoms with Crippen LogP contribution >= 0.6 is 11.3 Å². The van der Waals surface area contributed by atoms with Gasteiger partial charge in [-0.15, -0.1) is 11.3 Å². The number of hydrogen-bond acceptors (Lipinski definition) is 5. The molecule has 1 aromatic heterocycles. The lowest BCUT2D eigenvalue weighted by atomic mass is 10.2. The molecule has 0 saturated carbocycles. The van der Waals surface area contributed by atoms with E-state index in [9.17, 15) is 4.79 Å². The quantitative estimate of drug-likeness (QED) is 0.774. The van der Waals surface area contributed by atoms with Gasteiger partial charge in [0.15, 0.2) is 0 Å². The van der Waals surface area contributed by atoms with Crippen molar-refractivity contribution in [2.24, 2.45) is 5.73 Å². The van der Waals surface area contributed by atoms with E-state index in [0.29, 0.717) is 18.0 Å². The van der Waals surface area contributed by atoms with Crippen LogP contribution in [0.5, 0.6) is 0 Å². The first-order valence-electron chi connectivity index (χ1n) is 6.66. The molecule has 6 heteroatoms. The van der Waals surface area contributed by atoms with Crippen LogP contribution in [0.15, 0.2) is 11.4 Å². The molecule has 20 heavy (non-hydrogen) atoms. The van der Waals surface area contributed by atoms with E-state index < -0.39 is 0 Å². The number of carbonyl (C=O) groups excluding carboxylic acids is 1. The average Bonchev–Trinajstić information content (AvgIpc) is 2.94. The molecule has 0 unspecified atom stereocenters. The molecule has 1 aliphatic heterocycles. The van der Waals surface area contributed by atoms with Crippen molar-refractivity contribution < 1.29 is 9.53 Å². The number of rotatable bonds is 4. The lowest BCUT2D eigenvalue weighted by molar-refractivity contribution is 0.0383. The van der Waals surface area contributed by atoms with Gasteiger partial charge in [0.1, 0.15) is 4.88 Å². The highest BCUT2D eigenvalue weighted by molar-refractivity contribution is 7.12. The van der Waals surface area contributed by atoms with Gasteiger partial charge in [0, 0.05) is 31.7 Å². The molecule has 0 aliphatic carbocycles. The molecule has 0 bridgehead atoms. The Bertz CT molecular complexity index is 498. The van der Waals surface area contributed by atoms with Gasteiger partial charge >= 0.3 is 0 Å². The molecular weight excluding hydrogens is 274 g/mol. The fraction of sp³-hybridized carbons (Fsp3) is 0.500. The van der Waals surface area contributed by atoms with Crippen molar-refractivity contribution in [1.29, 1.82) is 0 Å². The van der Waals surface area contributed by atoms with Crippen LogP contribution < -0.4 is 11.1 Å². The molecule has 1 aliphatic rings. The second-order valence-corrected chi connectivity index (χ2v) is 5.30. The fourth-order valence-electron chi connectivity index (χ4n) is 1.96. The summed E-state index contributed by atoms with van der Waals surface area (Å²) < 4.78 is 5.29. The summed E-state index contributed by atoms with van der Waals surface area (Å²) in [5, 5.41) is 4.81. The predicted molar refractivity (Wildman–Crippen MR) is 79.8 cm³/mol. The zero-order valence-electron chi connectivity index (χ0n) is 11.4. The molecule has 3 N–H and O–H groups in total. The Morgan fingerprint density at radius 1 is 1.50 bits per heavy atom. The third kappa shape index (κ3) is 4.32. The van der Waals surface area contributed by atoms with Crippen LogP contribution in [0.1, 0.15) is 15.2 Å². The number of thiophene rings is 1. The van der Waals surface area contributed by atoms with Crippen LogP contribution in [-0.4, -0.2) is 56.7 Å². The highest BCUT2D eigenvalue weighted by Gasteiger charge is 2.13. The largest absolute Gasteiger partial charge is 0.379 e. The highest BCUT2D eigenvalue weighted by atomic mass is 32.1. The maximum absolute atomic E-state index is 12.1. The lowest BCUT2D eigenvalue weighted by Crippen LogP contribution is -2.41. The van der Waals surface area contributed by atoms with E-state index >= 15 is 0 Å². The summed E-state index contributed by atoms with van der Waals surface area (Å²) >= 11 is 1.41. The number of nitrogens with two attached hydrogens (primary N) is 1. The van der Waals surface area contributed by atoms with E-state index in [1.807, 2.05) is 11.4 Å². The first-order valence-corrected chi connectivity index (χ1v) is 7.54. The van der Waals surface area contributed by atoms with Gasteiger partial charge in [-0.25, -0.2) is 0 Å². The second kappa shape index (κ2) is 8.02. The smallest absolute Gasteiger partial charge is 0.262 e. The summed E-state index contributed by atoms with van der Waals surface area (Å²) in [5.41, 5.74) is 6.10. The Balaban J connectivity index is 1.81. The van der Waals surface area contributed by atoms with Crippen molar-refractivity contribution in [1.82, 2.24) is 10.2 Å². The molecule has 0 radical (unpaired) electrons. The van der Waals surface area contributed by atoms with Crippen molar-refractivity contribution in [2.45, 2.75) is 0 Å². The molecular formula is C14H19N3O2S. The van der Waals surface area contributed by atoms with E-state index in [2.05, 4.69) is 22.1 Å². The summed E-state index contributed by atoms with van der Waals surface area (Å²) in [5.74, 6) is 5.64. The van der Waals surface area contributed by atoms with Gasteiger partial charge < -0.3 is 15.8 Å². The molecule has 0 spiro atoms. The number of nitrogens with zero attached hydrogens (tertiary/aromatic N) is 1. The molecule has 5 nitrogen and oxygen atoms in total. The first kappa shape index (κ1) is 15.0. The van der Waals surface area contributed by atoms with Gasteiger partial charge in [0.2, 0.25) is 0 Å². The van der Waals surface area contributed by atoms with Crippen LogP contribution in [-0.2, 0) is 4.74 Å². The molecule has 1 aromatic rings. The summed E-state index contributed by atoms with van der Waals surface area (Å²) in [4.78, 5) is 15.0. The Morgan fingerprint density at radius 2 is 2.30 bits per heavy atom. The van der Waals surface area contributed by atoms with Crippen LogP contribution in [0, 0.1) is 11.8 Å². The fourth-order valence-corrected chi connectivity index (χ4v) is 2.73. The minimum atomic E-state index is -0.0606. The molecule has 2 rings (SSSR count). The number of morpholine rings is 1. The monoisotopic (exact) mass is 293 g/mol. The van der Waals surface area contributed by atoms with E-state index in [0.717, 1.165) is 38.4 Å². The van der Waals surface area contributed by atoms with Crippen molar-refractivity contribution in [3.05, 3.63) is 21.9 Å². The van der Waals surface area contributed by atoms with E-state index in [-0.39, 0.29) is 5.91 Å².